The molecular formula is C21H22FN3O2S. The first-order valence-corrected chi connectivity index (χ1v) is 9.96. The van der Waals surface area contributed by atoms with E-state index >= 15 is 0 Å². The van der Waals surface area contributed by atoms with Crippen molar-refractivity contribution >= 4 is 29.1 Å². The fourth-order valence-corrected chi connectivity index (χ4v) is 4.00. The maximum absolute atomic E-state index is 13.2. The van der Waals surface area contributed by atoms with Gasteiger partial charge in [0.25, 0.3) is 0 Å². The molecule has 0 aromatic heterocycles. The first kappa shape index (κ1) is 20.1. The van der Waals surface area contributed by atoms with Crippen molar-refractivity contribution in [1.82, 2.24) is 4.90 Å². The lowest BCUT2D eigenvalue weighted by Crippen LogP contribution is -2.31. The van der Waals surface area contributed by atoms with Gasteiger partial charge in [-0.2, -0.15) is 5.10 Å². The van der Waals surface area contributed by atoms with Crippen LogP contribution in [0.1, 0.15) is 30.9 Å². The van der Waals surface area contributed by atoms with Crippen molar-refractivity contribution in [2.24, 2.45) is 10.2 Å². The molecule has 0 bridgehead atoms. The number of hydrogen-bond acceptors (Lipinski definition) is 5. The van der Waals surface area contributed by atoms with Crippen LogP contribution in [0.25, 0.3) is 0 Å². The Balaban J connectivity index is 1.77. The largest absolute Gasteiger partial charge is 0.497 e. The van der Waals surface area contributed by atoms with Gasteiger partial charge < -0.3 is 4.74 Å². The highest BCUT2D eigenvalue weighted by Gasteiger charge is 2.37. The lowest BCUT2D eigenvalue weighted by molar-refractivity contribution is -0.126. The maximum Gasteiger partial charge on any atom is 0.242 e. The standard InChI is InChI=1S/C21H22FN3O2S/c1-3-4-19-20(26)25(14-16-5-9-17(22)10-6-16)21(28-19)24-23-13-15-7-11-18(27-2)12-8-15/h5-13,19H,3-4,14H2,1-2H3/b23-13+,24-21-. The van der Waals surface area contributed by atoms with Crippen LogP contribution < -0.4 is 4.74 Å². The summed E-state index contributed by atoms with van der Waals surface area (Å²) in [5.74, 6) is 0.496. The van der Waals surface area contributed by atoms with Gasteiger partial charge in [0.2, 0.25) is 5.91 Å². The molecule has 0 N–H and O–H groups in total. The zero-order chi connectivity index (χ0) is 19.9. The summed E-state index contributed by atoms with van der Waals surface area (Å²) in [6, 6.07) is 13.6. The summed E-state index contributed by atoms with van der Waals surface area (Å²) in [5, 5.41) is 8.86. The Hall–Kier alpha value is -2.67. The average Bonchev–Trinajstić information content (AvgIpc) is 2.99. The van der Waals surface area contributed by atoms with Gasteiger partial charge in [0.05, 0.1) is 25.1 Å². The molecule has 7 heteroatoms. The van der Waals surface area contributed by atoms with Crippen molar-refractivity contribution in [1.29, 1.82) is 0 Å². The quantitative estimate of drug-likeness (QED) is 0.510. The van der Waals surface area contributed by atoms with Gasteiger partial charge in [0, 0.05) is 0 Å². The number of methoxy groups -OCH3 is 1. The van der Waals surface area contributed by atoms with Crippen molar-refractivity contribution in [3.8, 4) is 5.75 Å². The van der Waals surface area contributed by atoms with E-state index in [1.807, 2.05) is 24.3 Å². The Morgan fingerprint density at radius 1 is 1.18 bits per heavy atom. The summed E-state index contributed by atoms with van der Waals surface area (Å²) in [6.45, 7) is 2.40. The van der Waals surface area contributed by atoms with Crippen LogP contribution in [-0.2, 0) is 11.3 Å². The summed E-state index contributed by atoms with van der Waals surface area (Å²) in [5.41, 5.74) is 1.73. The summed E-state index contributed by atoms with van der Waals surface area (Å²) in [7, 11) is 1.62. The molecule has 2 aromatic rings. The monoisotopic (exact) mass is 399 g/mol. The first-order chi connectivity index (χ1) is 13.6. The molecule has 0 radical (unpaired) electrons. The zero-order valence-electron chi connectivity index (χ0n) is 15.8. The molecule has 0 spiro atoms. The number of hydrogen-bond donors (Lipinski definition) is 0. The van der Waals surface area contributed by atoms with E-state index in [0.717, 1.165) is 29.7 Å². The van der Waals surface area contributed by atoms with Gasteiger partial charge in [-0.25, -0.2) is 4.39 Å². The van der Waals surface area contributed by atoms with E-state index < -0.39 is 0 Å². The highest BCUT2D eigenvalue weighted by atomic mass is 32.2. The van der Waals surface area contributed by atoms with Crippen LogP contribution in [0.3, 0.4) is 0 Å². The Morgan fingerprint density at radius 2 is 1.89 bits per heavy atom. The molecular weight excluding hydrogens is 377 g/mol. The number of halogens is 1. The number of nitrogens with zero attached hydrogens (tertiary/aromatic N) is 3. The van der Waals surface area contributed by atoms with E-state index in [0.29, 0.717) is 11.7 Å². The number of amides is 1. The van der Waals surface area contributed by atoms with Crippen molar-refractivity contribution in [2.75, 3.05) is 7.11 Å². The lowest BCUT2D eigenvalue weighted by Gasteiger charge is -2.15. The minimum Gasteiger partial charge on any atom is -0.497 e. The van der Waals surface area contributed by atoms with Crippen LogP contribution in [-0.4, -0.2) is 34.5 Å². The van der Waals surface area contributed by atoms with E-state index in [1.165, 1.54) is 23.9 Å². The van der Waals surface area contributed by atoms with E-state index in [2.05, 4.69) is 17.1 Å². The molecule has 3 rings (SSSR count). The van der Waals surface area contributed by atoms with Gasteiger partial charge >= 0.3 is 0 Å². The van der Waals surface area contributed by atoms with Crippen LogP contribution in [0.2, 0.25) is 0 Å². The molecule has 0 saturated carbocycles. The predicted octanol–water partition coefficient (Wildman–Crippen LogP) is 4.47. The third kappa shape index (κ3) is 4.98. The first-order valence-electron chi connectivity index (χ1n) is 9.08. The summed E-state index contributed by atoms with van der Waals surface area (Å²) in [4.78, 5) is 14.4. The number of thioether (sulfide) groups is 1. The Bertz CT molecular complexity index is 866. The molecule has 1 amide bonds. The second-order valence-corrected chi connectivity index (χ2v) is 7.52. The smallest absolute Gasteiger partial charge is 0.242 e. The molecule has 1 aliphatic heterocycles. The van der Waals surface area contributed by atoms with E-state index in [4.69, 9.17) is 4.74 Å². The molecule has 2 aromatic carbocycles. The number of carbonyl (C=O) groups is 1. The van der Waals surface area contributed by atoms with E-state index in [9.17, 15) is 9.18 Å². The molecule has 1 unspecified atom stereocenters. The van der Waals surface area contributed by atoms with Crippen LogP contribution >= 0.6 is 11.8 Å². The Labute approximate surface area is 168 Å². The van der Waals surface area contributed by atoms with Crippen LogP contribution in [0, 0.1) is 5.82 Å². The summed E-state index contributed by atoms with van der Waals surface area (Å²) in [6.07, 6.45) is 3.33. The number of benzene rings is 2. The van der Waals surface area contributed by atoms with Crippen LogP contribution in [0.4, 0.5) is 4.39 Å². The molecule has 1 fully saturated rings. The molecule has 1 saturated heterocycles. The molecule has 0 aliphatic carbocycles. The maximum atomic E-state index is 13.2. The Kier molecular flexibility index (Phi) is 6.81. The van der Waals surface area contributed by atoms with Gasteiger partial charge in [-0.3, -0.25) is 9.69 Å². The van der Waals surface area contributed by atoms with Gasteiger partial charge in [-0.1, -0.05) is 37.2 Å². The summed E-state index contributed by atoms with van der Waals surface area (Å²) >= 11 is 1.43. The average molecular weight is 399 g/mol. The zero-order valence-corrected chi connectivity index (χ0v) is 16.7. The third-order valence-corrected chi connectivity index (χ3v) is 5.53. The third-order valence-electron chi connectivity index (χ3n) is 4.29. The lowest BCUT2D eigenvalue weighted by atomic mass is 10.2. The highest BCUT2D eigenvalue weighted by molar-refractivity contribution is 8.15. The van der Waals surface area contributed by atoms with Crippen molar-refractivity contribution in [3.63, 3.8) is 0 Å². The highest BCUT2D eigenvalue weighted by Crippen LogP contribution is 2.31. The minimum atomic E-state index is -0.298. The number of carbonyl (C=O) groups excluding carboxylic acids is 1. The summed E-state index contributed by atoms with van der Waals surface area (Å²) < 4.78 is 18.3. The van der Waals surface area contributed by atoms with Gasteiger partial charge in [0.15, 0.2) is 5.17 Å². The topological polar surface area (TPSA) is 54.3 Å². The number of amidine groups is 1. The van der Waals surface area contributed by atoms with E-state index in [-0.39, 0.29) is 17.0 Å². The van der Waals surface area contributed by atoms with Crippen molar-refractivity contribution in [3.05, 3.63) is 65.5 Å². The van der Waals surface area contributed by atoms with Crippen LogP contribution in [0.15, 0.2) is 58.7 Å². The van der Waals surface area contributed by atoms with Crippen molar-refractivity contribution < 1.29 is 13.9 Å². The van der Waals surface area contributed by atoms with Gasteiger partial charge in [-0.05, 0) is 53.9 Å². The SMILES string of the molecule is CCCC1S/C(=N\N=C\c2ccc(OC)cc2)N(Cc2ccc(F)cc2)C1=O. The van der Waals surface area contributed by atoms with Crippen molar-refractivity contribution in [2.45, 2.75) is 31.6 Å². The van der Waals surface area contributed by atoms with Crippen LogP contribution in [0.5, 0.6) is 5.75 Å². The number of rotatable bonds is 7. The molecule has 146 valence electrons. The molecule has 1 heterocycles. The fraction of sp³-hybridized carbons (Fsp3) is 0.286. The molecule has 5 nitrogen and oxygen atoms in total. The predicted molar refractivity (Wildman–Crippen MR) is 111 cm³/mol. The molecule has 1 atom stereocenters. The Morgan fingerprint density at radius 3 is 2.54 bits per heavy atom. The van der Waals surface area contributed by atoms with Gasteiger partial charge in [0.1, 0.15) is 11.6 Å². The normalized spacial score (nSPS) is 18.4. The fourth-order valence-electron chi connectivity index (χ4n) is 2.78. The second kappa shape index (κ2) is 9.50. The second-order valence-electron chi connectivity index (χ2n) is 6.35. The molecule has 28 heavy (non-hydrogen) atoms. The number of ether oxygens (including phenoxy) is 1. The molecule has 1 aliphatic rings. The van der Waals surface area contributed by atoms with E-state index in [1.54, 1.807) is 30.4 Å². The van der Waals surface area contributed by atoms with Gasteiger partial charge in [-0.15, -0.1) is 5.10 Å². The minimum absolute atomic E-state index is 0.0228.